The third kappa shape index (κ3) is 4.52. The molecule has 2 atom stereocenters. The number of hydrogen-bond acceptors (Lipinski definition) is 3. The van der Waals surface area contributed by atoms with Gasteiger partial charge in [-0.1, -0.05) is 20.8 Å². The molecule has 4 rings (SSSR count). The van der Waals surface area contributed by atoms with E-state index in [2.05, 4.69) is 39.2 Å². The lowest BCUT2D eigenvalue weighted by atomic mass is 9.82. The maximum Gasteiger partial charge on any atom is 0.274 e. The summed E-state index contributed by atoms with van der Waals surface area (Å²) in [6.45, 7) is 10.9. The fraction of sp³-hybridized carbons (Fsp3) is 0.739. The molecule has 0 aromatic carbocycles. The summed E-state index contributed by atoms with van der Waals surface area (Å²) in [5.74, 6) is 0.913. The molecule has 3 aliphatic rings. The Morgan fingerprint density at radius 2 is 1.90 bits per heavy atom. The van der Waals surface area contributed by atoms with E-state index in [0.29, 0.717) is 18.4 Å². The lowest BCUT2D eigenvalue weighted by Crippen LogP contribution is -3.10. The Labute approximate surface area is 174 Å². The van der Waals surface area contributed by atoms with Crippen molar-refractivity contribution in [3.8, 4) is 0 Å². The van der Waals surface area contributed by atoms with E-state index in [4.69, 9.17) is 0 Å². The molecule has 4 heterocycles. The summed E-state index contributed by atoms with van der Waals surface area (Å²) in [5, 5.41) is 3.53. The summed E-state index contributed by atoms with van der Waals surface area (Å²) >= 11 is 0. The molecule has 1 aromatic heterocycles. The summed E-state index contributed by atoms with van der Waals surface area (Å²) < 4.78 is 1.99. The minimum Gasteiger partial charge on any atom is -0.377 e. The van der Waals surface area contributed by atoms with Crippen LogP contribution in [0.1, 0.15) is 58.1 Å². The van der Waals surface area contributed by atoms with Crippen molar-refractivity contribution in [1.82, 2.24) is 9.47 Å². The first-order chi connectivity index (χ1) is 13.7. The van der Waals surface area contributed by atoms with E-state index >= 15 is 0 Å². The molecule has 0 saturated carbocycles. The number of nitrogens with one attached hydrogen (secondary N) is 2. The number of quaternary nitrogens is 1. The molecular formula is C23H37N4O2+. The SMILES string of the molecule is C[NH+]1CCC(Nc2ccc3n(c2=O)C[C@H]2C[C@@H]3CN(C(=O)CC(C)(C)C)C2)CC1. The number of piperidine rings is 2. The summed E-state index contributed by atoms with van der Waals surface area (Å²) in [7, 11) is 2.23. The van der Waals surface area contributed by atoms with Crippen molar-refractivity contribution in [2.45, 2.75) is 65.0 Å². The van der Waals surface area contributed by atoms with Gasteiger partial charge in [0.1, 0.15) is 5.69 Å². The highest BCUT2D eigenvalue weighted by Crippen LogP contribution is 2.36. The highest BCUT2D eigenvalue weighted by molar-refractivity contribution is 5.77. The maximum atomic E-state index is 13.2. The van der Waals surface area contributed by atoms with E-state index in [9.17, 15) is 9.59 Å². The highest BCUT2D eigenvalue weighted by atomic mass is 16.2. The number of nitrogens with zero attached hydrogens (tertiary/aromatic N) is 2. The molecule has 0 aliphatic carbocycles. The number of rotatable bonds is 3. The number of amides is 1. The van der Waals surface area contributed by atoms with Crippen molar-refractivity contribution in [1.29, 1.82) is 0 Å². The molecule has 2 bridgehead atoms. The Bertz CT molecular complexity index is 817. The van der Waals surface area contributed by atoms with Crippen LogP contribution in [0.2, 0.25) is 0 Å². The number of anilines is 1. The molecule has 1 amide bonds. The lowest BCUT2D eigenvalue weighted by Gasteiger charge is -2.43. The monoisotopic (exact) mass is 401 g/mol. The summed E-state index contributed by atoms with van der Waals surface area (Å²) in [6.07, 6.45) is 3.90. The van der Waals surface area contributed by atoms with Crippen LogP contribution in [0.5, 0.6) is 0 Å². The molecular weight excluding hydrogens is 364 g/mol. The van der Waals surface area contributed by atoms with Crippen LogP contribution in [0.4, 0.5) is 5.69 Å². The number of pyridine rings is 1. The van der Waals surface area contributed by atoms with E-state index in [-0.39, 0.29) is 22.8 Å². The first-order valence-electron chi connectivity index (χ1n) is 11.3. The van der Waals surface area contributed by atoms with Gasteiger partial charge in [-0.25, -0.2) is 0 Å². The van der Waals surface area contributed by atoms with Gasteiger partial charge >= 0.3 is 0 Å². The smallest absolute Gasteiger partial charge is 0.274 e. The Hall–Kier alpha value is -1.82. The van der Waals surface area contributed by atoms with Crippen LogP contribution in [0.25, 0.3) is 0 Å². The number of hydrogen-bond donors (Lipinski definition) is 2. The second-order valence-corrected chi connectivity index (χ2v) is 10.8. The van der Waals surface area contributed by atoms with Crippen LogP contribution < -0.4 is 15.8 Å². The fourth-order valence-corrected chi connectivity index (χ4v) is 5.30. The Morgan fingerprint density at radius 3 is 2.59 bits per heavy atom. The molecule has 0 unspecified atom stereocenters. The number of aromatic nitrogens is 1. The second kappa shape index (κ2) is 7.78. The average Bonchev–Trinajstić information content (AvgIpc) is 2.64. The van der Waals surface area contributed by atoms with E-state index in [1.807, 2.05) is 15.5 Å². The van der Waals surface area contributed by atoms with Crippen molar-refractivity contribution >= 4 is 11.6 Å². The van der Waals surface area contributed by atoms with Gasteiger partial charge in [-0.3, -0.25) is 9.59 Å². The molecule has 3 aliphatic heterocycles. The third-order valence-electron chi connectivity index (χ3n) is 6.84. The predicted molar refractivity (Wildman–Crippen MR) is 115 cm³/mol. The minimum absolute atomic E-state index is 0.00841. The lowest BCUT2D eigenvalue weighted by molar-refractivity contribution is -0.884. The normalized spacial score (nSPS) is 29.3. The first kappa shape index (κ1) is 20.5. The van der Waals surface area contributed by atoms with Crippen molar-refractivity contribution < 1.29 is 9.69 Å². The molecule has 29 heavy (non-hydrogen) atoms. The van der Waals surface area contributed by atoms with E-state index in [1.54, 1.807) is 4.90 Å². The quantitative estimate of drug-likeness (QED) is 0.803. The molecule has 2 saturated heterocycles. The zero-order chi connectivity index (χ0) is 20.8. The van der Waals surface area contributed by atoms with E-state index in [0.717, 1.165) is 63.4 Å². The Morgan fingerprint density at radius 1 is 1.17 bits per heavy atom. The van der Waals surface area contributed by atoms with Gasteiger partial charge in [0.25, 0.3) is 5.56 Å². The molecule has 6 heteroatoms. The van der Waals surface area contributed by atoms with Crippen molar-refractivity contribution in [3.05, 3.63) is 28.2 Å². The van der Waals surface area contributed by atoms with E-state index in [1.165, 1.54) is 0 Å². The van der Waals surface area contributed by atoms with Crippen LogP contribution in [-0.4, -0.2) is 54.6 Å². The molecule has 0 spiro atoms. The molecule has 0 radical (unpaired) electrons. The van der Waals surface area contributed by atoms with Crippen LogP contribution in [-0.2, 0) is 11.3 Å². The van der Waals surface area contributed by atoms with Gasteiger partial charge < -0.3 is 19.7 Å². The zero-order valence-corrected chi connectivity index (χ0v) is 18.5. The molecule has 6 nitrogen and oxygen atoms in total. The fourth-order valence-electron chi connectivity index (χ4n) is 5.30. The van der Waals surface area contributed by atoms with Gasteiger partial charge in [0, 0.05) is 56.6 Å². The van der Waals surface area contributed by atoms with Crippen molar-refractivity contribution in [2.75, 3.05) is 38.5 Å². The summed E-state index contributed by atoms with van der Waals surface area (Å²) in [4.78, 5) is 29.6. The largest absolute Gasteiger partial charge is 0.377 e. The van der Waals surface area contributed by atoms with Crippen LogP contribution in [0.3, 0.4) is 0 Å². The van der Waals surface area contributed by atoms with Gasteiger partial charge in [0.15, 0.2) is 0 Å². The standard InChI is InChI=1S/C23H36N4O2/c1-23(2,3)12-21(28)26-13-16-11-17(15-26)20-6-5-19(22(29)27(20)14-16)24-18-7-9-25(4)10-8-18/h5-6,16-18,24H,7-15H2,1-4H3/p+1/t16-,17+/m0/s1. The number of carbonyl (C=O) groups is 1. The van der Waals surface area contributed by atoms with Gasteiger partial charge in [-0.2, -0.15) is 0 Å². The van der Waals surface area contributed by atoms with Gasteiger partial charge in [-0.05, 0) is 29.9 Å². The number of carbonyl (C=O) groups excluding carboxylic acids is 1. The van der Waals surface area contributed by atoms with Crippen molar-refractivity contribution in [3.63, 3.8) is 0 Å². The minimum atomic E-state index is 0.00841. The van der Waals surface area contributed by atoms with Gasteiger partial charge in [0.05, 0.1) is 20.1 Å². The van der Waals surface area contributed by atoms with Crippen molar-refractivity contribution in [2.24, 2.45) is 11.3 Å². The highest BCUT2D eigenvalue weighted by Gasteiger charge is 2.37. The van der Waals surface area contributed by atoms with Crippen LogP contribution >= 0.6 is 0 Å². The van der Waals surface area contributed by atoms with Gasteiger partial charge in [-0.15, -0.1) is 0 Å². The molecule has 1 aromatic rings. The zero-order valence-electron chi connectivity index (χ0n) is 18.5. The topological polar surface area (TPSA) is 58.8 Å². The van der Waals surface area contributed by atoms with E-state index < -0.39 is 0 Å². The van der Waals surface area contributed by atoms with Crippen LogP contribution in [0, 0.1) is 11.3 Å². The first-order valence-corrected chi connectivity index (χ1v) is 11.3. The summed E-state index contributed by atoms with van der Waals surface area (Å²) in [6, 6.07) is 4.51. The second-order valence-electron chi connectivity index (χ2n) is 10.8. The number of likely N-dealkylation sites (tertiary alicyclic amines) is 2. The third-order valence-corrected chi connectivity index (χ3v) is 6.84. The molecule has 2 fully saturated rings. The number of fused-ring (bicyclic) bond motifs is 4. The average molecular weight is 402 g/mol. The Kier molecular flexibility index (Phi) is 5.49. The Balaban J connectivity index is 1.50. The predicted octanol–water partition coefficient (Wildman–Crippen LogP) is 1.32. The maximum absolute atomic E-state index is 13.2. The van der Waals surface area contributed by atoms with Crippen LogP contribution in [0.15, 0.2) is 16.9 Å². The molecule has 160 valence electrons. The van der Waals surface area contributed by atoms with Gasteiger partial charge in [0.2, 0.25) is 5.91 Å². The summed E-state index contributed by atoms with van der Waals surface area (Å²) in [5.41, 5.74) is 1.99. The molecule has 2 N–H and O–H groups in total.